The van der Waals surface area contributed by atoms with Crippen molar-refractivity contribution in [3.63, 3.8) is 0 Å². The van der Waals surface area contributed by atoms with Crippen LogP contribution in [0.15, 0.2) is 0 Å². The Bertz CT molecular complexity index is 392. The van der Waals surface area contributed by atoms with Gasteiger partial charge in [-0.2, -0.15) is 0 Å². The highest BCUT2D eigenvalue weighted by molar-refractivity contribution is 4.96. The molecule has 0 spiro atoms. The van der Waals surface area contributed by atoms with Crippen LogP contribution in [0, 0.1) is 5.92 Å². The summed E-state index contributed by atoms with van der Waals surface area (Å²) in [6.45, 7) is -1.07. The van der Waals surface area contributed by atoms with Gasteiger partial charge in [0.25, 0.3) is 0 Å². The standard InChI is InChI=1S/C14H26O10/c1-22-14-5(9(17)11(19)8(4-16)24-14)2-6-10(18)13(21)12(20)7(3-15)23-6/h5-21H,2-4H2,1H3/t5-,6+,7-,8-,9-,10+,11+,12-,13-,14-/m1/s1. The maximum absolute atomic E-state index is 10.3. The second-order valence-corrected chi connectivity index (χ2v) is 6.21. The molecule has 0 saturated carbocycles. The molecule has 2 saturated heterocycles. The van der Waals surface area contributed by atoms with Gasteiger partial charge in [0, 0.05) is 13.0 Å². The van der Waals surface area contributed by atoms with E-state index in [-0.39, 0.29) is 6.42 Å². The normalized spacial score (nSPS) is 50.0. The molecule has 2 rings (SSSR count). The van der Waals surface area contributed by atoms with Gasteiger partial charge in [0.1, 0.15) is 36.6 Å². The van der Waals surface area contributed by atoms with E-state index in [0.717, 1.165) is 0 Å². The Hall–Kier alpha value is -0.400. The van der Waals surface area contributed by atoms with Crippen molar-refractivity contribution in [2.24, 2.45) is 5.92 Å². The van der Waals surface area contributed by atoms with Gasteiger partial charge in [0.05, 0.1) is 25.4 Å². The summed E-state index contributed by atoms with van der Waals surface area (Å²) >= 11 is 0. The summed E-state index contributed by atoms with van der Waals surface area (Å²) in [7, 11) is 1.32. The number of methoxy groups -OCH3 is 1. The first kappa shape index (κ1) is 19.9. The van der Waals surface area contributed by atoms with Crippen molar-refractivity contribution in [3.8, 4) is 0 Å². The number of rotatable bonds is 5. The van der Waals surface area contributed by atoms with E-state index in [9.17, 15) is 30.6 Å². The summed E-state index contributed by atoms with van der Waals surface area (Å²) in [6, 6.07) is 0. The lowest BCUT2D eigenvalue weighted by Gasteiger charge is -2.45. The molecule has 2 fully saturated rings. The molecule has 0 aromatic rings. The molecule has 0 amide bonds. The number of hydrogen-bond donors (Lipinski definition) is 7. The lowest BCUT2D eigenvalue weighted by molar-refractivity contribution is -0.292. The third-order valence-corrected chi connectivity index (χ3v) is 4.74. The van der Waals surface area contributed by atoms with Gasteiger partial charge in [-0.1, -0.05) is 0 Å². The summed E-state index contributed by atoms with van der Waals surface area (Å²) in [4.78, 5) is 0. The Morgan fingerprint density at radius 1 is 0.708 bits per heavy atom. The van der Waals surface area contributed by atoms with Gasteiger partial charge >= 0.3 is 0 Å². The molecule has 0 radical (unpaired) electrons. The van der Waals surface area contributed by atoms with Gasteiger partial charge in [-0.25, -0.2) is 0 Å². The van der Waals surface area contributed by atoms with E-state index >= 15 is 0 Å². The number of aliphatic hydroxyl groups excluding tert-OH is 7. The first-order valence-electron chi connectivity index (χ1n) is 7.81. The Balaban J connectivity index is 2.12. The van der Waals surface area contributed by atoms with Crippen molar-refractivity contribution >= 4 is 0 Å². The van der Waals surface area contributed by atoms with Crippen LogP contribution in [0.2, 0.25) is 0 Å². The lowest BCUT2D eigenvalue weighted by atomic mass is 9.83. The van der Waals surface area contributed by atoms with Gasteiger partial charge in [-0.3, -0.25) is 0 Å². The van der Waals surface area contributed by atoms with Crippen LogP contribution < -0.4 is 0 Å². The zero-order valence-corrected chi connectivity index (χ0v) is 13.3. The van der Waals surface area contributed by atoms with Crippen LogP contribution in [0.4, 0.5) is 0 Å². The Morgan fingerprint density at radius 2 is 1.21 bits per heavy atom. The van der Waals surface area contributed by atoms with E-state index in [0.29, 0.717) is 0 Å². The first-order valence-corrected chi connectivity index (χ1v) is 7.81. The fourth-order valence-corrected chi connectivity index (χ4v) is 3.26. The summed E-state index contributed by atoms with van der Waals surface area (Å²) in [5.74, 6) is -0.825. The lowest BCUT2D eigenvalue weighted by Crippen LogP contribution is -2.61. The quantitative estimate of drug-likeness (QED) is 0.258. The minimum Gasteiger partial charge on any atom is -0.394 e. The topological polar surface area (TPSA) is 169 Å². The highest BCUT2D eigenvalue weighted by Gasteiger charge is 2.49. The molecule has 0 unspecified atom stereocenters. The molecule has 0 aliphatic carbocycles. The summed E-state index contributed by atoms with van der Waals surface area (Å²) < 4.78 is 15.9. The van der Waals surface area contributed by atoms with Crippen LogP contribution in [-0.4, -0.2) is 111 Å². The fraction of sp³-hybridized carbons (Fsp3) is 1.00. The van der Waals surface area contributed by atoms with Crippen molar-refractivity contribution in [2.75, 3.05) is 20.3 Å². The summed E-state index contributed by atoms with van der Waals surface area (Å²) in [6.07, 6.45) is -11.3. The average Bonchev–Trinajstić information content (AvgIpc) is 2.59. The first-order chi connectivity index (χ1) is 11.3. The summed E-state index contributed by atoms with van der Waals surface area (Å²) in [5.41, 5.74) is 0. The average molecular weight is 354 g/mol. The van der Waals surface area contributed by atoms with Gasteiger partial charge in [-0.15, -0.1) is 0 Å². The Labute approximate surface area is 138 Å². The molecule has 2 aliphatic rings. The van der Waals surface area contributed by atoms with Crippen LogP contribution in [-0.2, 0) is 14.2 Å². The van der Waals surface area contributed by atoms with Gasteiger partial charge < -0.3 is 50.0 Å². The van der Waals surface area contributed by atoms with Crippen molar-refractivity contribution in [1.29, 1.82) is 0 Å². The molecule has 10 atom stereocenters. The third-order valence-electron chi connectivity index (χ3n) is 4.74. The second kappa shape index (κ2) is 8.32. The minimum atomic E-state index is -1.53. The monoisotopic (exact) mass is 354 g/mol. The predicted octanol–water partition coefficient (Wildman–Crippen LogP) is -4.08. The van der Waals surface area contributed by atoms with E-state index in [2.05, 4.69) is 0 Å². The molecule has 0 bridgehead atoms. The molecule has 142 valence electrons. The number of hydrogen-bond acceptors (Lipinski definition) is 10. The van der Waals surface area contributed by atoms with Gasteiger partial charge in [0.15, 0.2) is 6.29 Å². The van der Waals surface area contributed by atoms with Crippen molar-refractivity contribution in [2.45, 2.75) is 61.5 Å². The zero-order valence-electron chi connectivity index (χ0n) is 13.3. The predicted molar refractivity (Wildman–Crippen MR) is 76.6 cm³/mol. The van der Waals surface area contributed by atoms with E-state index in [1.165, 1.54) is 7.11 Å². The number of aliphatic hydroxyl groups is 7. The zero-order chi connectivity index (χ0) is 18.0. The molecular weight excluding hydrogens is 328 g/mol. The Morgan fingerprint density at radius 3 is 1.75 bits per heavy atom. The number of ether oxygens (including phenoxy) is 3. The fourth-order valence-electron chi connectivity index (χ4n) is 3.26. The van der Waals surface area contributed by atoms with Crippen LogP contribution in [0.3, 0.4) is 0 Å². The maximum Gasteiger partial charge on any atom is 0.163 e. The van der Waals surface area contributed by atoms with E-state index < -0.39 is 74.3 Å². The van der Waals surface area contributed by atoms with Crippen LogP contribution >= 0.6 is 0 Å². The van der Waals surface area contributed by atoms with Crippen molar-refractivity contribution in [3.05, 3.63) is 0 Å². The molecule has 2 aliphatic heterocycles. The Kier molecular flexibility index (Phi) is 6.90. The minimum absolute atomic E-state index is 0.0731. The molecule has 10 nitrogen and oxygen atoms in total. The van der Waals surface area contributed by atoms with Gasteiger partial charge in [-0.05, 0) is 6.42 Å². The van der Waals surface area contributed by atoms with Crippen molar-refractivity contribution < 1.29 is 50.0 Å². The molecule has 24 heavy (non-hydrogen) atoms. The van der Waals surface area contributed by atoms with Gasteiger partial charge in [0.2, 0.25) is 0 Å². The third kappa shape index (κ3) is 3.73. The van der Waals surface area contributed by atoms with Crippen LogP contribution in [0.5, 0.6) is 0 Å². The largest absolute Gasteiger partial charge is 0.394 e. The highest BCUT2D eigenvalue weighted by atomic mass is 16.7. The van der Waals surface area contributed by atoms with E-state index in [1.807, 2.05) is 0 Å². The van der Waals surface area contributed by atoms with Crippen molar-refractivity contribution in [1.82, 2.24) is 0 Å². The molecule has 2 heterocycles. The molecule has 7 N–H and O–H groups in total. The molecular formula is C14H26O10. The molecule has 10 heteroatoms. The van der Waals surface area contributed by atoms with E-state index in [1.54, 1.807) is 0 Å². The highest BCUT2D eigenvalue weighted by Crippen LogP contribution is 2.34. The van der Waals surface area contributed by atoms with Crippen LogP contribution in [0.25, 0.3) is 0 Å². The van der Waals surface area contributed by atoms with E-state index in [4.69, 9.17) is 19.3 Å². The molecule has 0 aromatic heterocycles. The SMILES string of the molecule is CO[C@@H]1O[C@H](CO)[C@H](O)[C@H](O)[C@H]1C[C@@H]1O[C@H](CO)[C@@H](O)[C@H](O)[C@H]1O. The molecule has 0 aromatic carbocycles. The maximum atomic E-state index is 10.3. The second-order valence-electron chi connectivity index (χ2n) is 6.21. The van der Waals surface area contributed by atoms with Crippen LogP contribution in [0.1, 0.15) is 6.42 Å². The smallest absolute Gasteiger partial charge is 0.163 e. The summed E-state index contributed by atoms with van der Waals surface area (Å²) in [5, 5.41) is 68.3.